The number of carbonyl (C=O) groups is 1. The van der Waals surface area contributed by atoms with E-state index in [0.717, 1.165) is 52.3 Å². The van der Waals surface area contributed by atoms with E-state index in [4.69, 9.17) is 9.47 Å². The smallest absolute Gasteiger partial charge is 0.234 e. The van der Waals surface area contributed by atoms with Crippen LogP contribution in [-0.2, 0) is 14.3 Å². The minimum atomic E-state index is 0.0955. The summed E-state index contributed by atoms with van der Waals surface area (Å²) in [6, 6.07) is 0.280. The predicted molar refractivity (Wildman–Crippen MR) is 72.1 cm³/mol. The van der Waals surface area contributed by atoms with E-state index < -0.39 is 0 Å². The zero-order valence-corrected chi connectivity index (χ0v) is 11.7. The first kappa shape index (κ1) is 14.7. The van der Waals surface area contributed by atoms with Gasteiger partial charge in [0.15, 0.2) is 0 Å². The van der Waals surface area contributed by atoms with E-state index in [2.05, 4.69) is 10.6 Å². The van der Waals surface area contributed by atoms with E-state index in [0.29, 0.717) is 6.54 Å². The van der Waals surface area contributed by atoms with Gasteiger partial charge in [-0.1, -0.05) is 0 Å². The van der Waals surface area contributed by atoms with Crippen molar-refractivity contribution in [1.82, 2.24) is 15.5 Å². The third kappa shape index (κ3) is 5.44. The molecular formula is C13H25N3O3. The summed E-state index contributed by atoms with van der Waals surface area (Å²) in [4.78, 5) is 13.9. The van der Waals surface area contributed by atoms with Crippen molar-refractivity contribution in [2.45, 2.75) is 25.0 Å². The Labute approximate surface area is 114 Å². The van der Waals surface area contributed by atoms with Crippen molar-refractivity contribution >= 4 is 5.91 Å². The molecule has 0 aliphatic carbocycles. The van der Waals surface area contributed by atoms with Crippen LogP contribution < -0.4 is 10.6 Å². The highest BCUT2D eigenvalue weighted by Crippen LogP contribution is 2.06. The molecule has 2 aliphatic heterocycles. The first-order valence-corrected chi connectivity index (χ1v) is 7.12. The summed E-state index contributed by atoms with van der Waals surface area (Å²) >= 11 is 0. The summed E-state index contributed by atoms with van der Waals surface area (Å²) in [5.74, 6) is 0.0955. The van der Waals surface area contributed by atoms with Crippen molar-refractivity contribution in [3.63, 3.8) is 0 Å². The van der Waals surface area contributed by atoms with Crippen LogP contribution in [-0.4, -0.2) is 76.0 Å². The van der Waals surface area contributed by atoms with Crippen LogP contribution in [0.5, 0.6) is 0 Å². The normalized spacial score (nSPS) is 25.5. The second-order valence-corrected chi connectivity index (χ2v) is 5.35. The molecule has 2 saturated heterocycles. The number of ether oxygens (including phenoxy) is 2. The second-order valence-electron chi connectivity index (χ2n) is 5.35. The molecule has 2 aliphatic rings. The standard InChI is InChI=1S/C13H25N3O3/c1-16(9-12-8-14-4-7-19-12)10-13(17)15-11-2-5-18-6-3-11/h11-12,14H,2-10H2,1H3,(H,15,17). The third-order valence-corrected chi connectivity index (χ3v) is 3.52. The van der Waals surface area contributed by atoms with Crippen LogP contribution in [0.3, 0.4) is 0 Å². The molecule has 2 fully saturated rings. The van der Waals surface area contributed by atoms with Gasteiger partial charge in [-0.25, -0.2) is 0 Å². The number of morpholine rings is 1. The van der Waals surface area contributed by atoms with Crippen molar-refractivity contribution in [1.29, 1.82) is 0 Å². The summed E-state index contributed by atoms with van der Waals surface area (Å²) in [5, 5.41) is 6.36. The fourth-order valence-electron chi connectivity index (χ4n) is 2.51. The molecule has 6 nitrogen and oxygen atoms in total. The minimum absolute atomic E-state index is 0.0955. The molecule has 19 heavy (non-hydrogen) atoms. The average molecular weight is 271 g/mol. The lowest BCUT2D eigenvalue weighted by molar-refractivity contribution is -0.123. The van der Waals surface area contributed by atoms with Gasteiger partial charge in [0.1, 0.15) is 0 Å². The lowest BCUT2D eigenvalue weighted by Gasteiger charge is -2.28. The Hall–Kier alpha value is -0.690. The first-order chi connectivity index (χ1) is 9.24. The van der Waals surface area contributed by atoms with Crippen molar-refractivity contribution in [3.8, 4) is 0 Å². The molecule has 0 aromatic rings. The molecular weight excluding hydrogens is 246 g/mol. The van der Waals surface area contributed by atoms with Gasteiger partial charge in [0.25, 0.3) is 0 Å². The number of rotatable bonds is 5. The lowest BCUT2D eigenvalue weighted by atomic mass is 10.1. The fraction of sp³-hybridized carbons (Fsp3) is 0.923. The van der Waals surface area contributed by atoms with Crippen LogP contribution >= 0.6 is 0 Å². The Morgan fingerprint density at radius 1 is 1.37 bits per heavy atom. The Balaban J connectivity index is 1.63. The summed E-state index contributed by atoms with van der Waals surface area (Å²) in [6.45, 7) is 5.26. The fourth-order valence-corrected chi connectivity index (χ4v) is 2.51. The Kier molecular flexibility index (Phi) is 6.03. The van der Waals surface area contributed by atoms with Crippen LogP contribution in [0, 0.1) is 0 Å². The third-order valence-electron chi connectivity index (χ3n) is 3.52. The van der Waals surface area contributed by atoms with Crippen molar-refractivity contribution in [2.75, 3.05) is 53.0 Å². The molecule has 2 rings (SSSR count). The Morgan fingerprint density at radius 2 is 2.16 bits per heavy atom. The van der Waals surface area contributed by atoms with Gasteiger partial charge in [-0.2, -0.15) is 0 Å². The highest BCUT2D eigenvalue weighted by molar-refractivity contribution is 5.78. The largest absolute Gasteiger partial charge is 0.381 e. The van der Waals surface area contributed by atoms with E-state index in [-0.39, 0.29) is 18.1 Å². The van der Waals surface area contributed by atoms with Gasteiger partial charge in [-0.3, -0.25) is 9.69 Å². The summed E-state index contributed by atoms with van der Waals surface area (Å²) in [5.41, 5.74) is 0. The maximum atomic E-state index is 11.9. The van der Waals surface area contributed by atoms with E-state index in [1.54, 1.807) is 0 Å². The van der Waals surface area contributed by atoms with Gasteiger partial charge >= 0.3 is 0 Å². The zero-order chi connectivity index (χ0) is 13.5. The number of nitrogens with zero attached hydrogens (tertiary/aromatic N) is 1. The maximum absolute atomic E-state index is 11.9. The van der Waals surface area contributed by atoms with Gasteiger partial charge < -0.3 is 20.1 Å². The van der Waals surface area contributed by atoms with Crippen LogP contribution in [0.15, 0.2) is 0 Å². The molecule has 0 aromatic carbocycles. The van der Waals surface area contributed by atoms with Crippen LogP contribution in [0.2, 0.25) is 0 Å². The first-order valence-electron chi connectivity index (χ1n) is 7.12. The molecule has 1 unspecified atom stereocenters. The zero-order valence-electron chi connectivity index (χ0n) is 11.7. The van der Waals surface area contributed by atoms with Crippen molar-refractivity contribution < 1.29 is 14.3 Å². The highest BCUT2D eigenvalue weighted by Gasteiger charge is 2.19. The molecule has 110 valence electrons. The molecule has 2 N–H and O–H groups in total. The van der Waals surface area contributed by atoms with Gasteiger partial charge in [0, 0.05) is 38.9 Å². The van der Waals surface area contributed by atoms with Crippen molar-refractivity contribution in [3.05, 3.63) is 0 Å². The number of carbonyl (C=O) groups excluding carboxylic acids is 1. The number of likely N-dealkylation sites (N-methyl/N-ethyl adjacent to an activating group) is 1. The van der Waals surface area contributed by atoms with Crippen LogP contribution in [0.25, 0.3) is 0 Å². The monoisotopic (exact) mass is 271 g/mol. The number of hydrogen-bond donors (Lipinski definition) is 2. The molecule has 0 aromatic heterocycles. The number of amides is 1. The molecule has 0 radical (unpaired) electrons. The van der Waals surface area contributed by atoms with E-state index in [9.17, 15) is 4.79 Å². The predicted octanol–water partition coefficient (Wildman–Crippen LogP) is -0.798. The van der Waals surface area contributed by atoms with Crippen LogP contribution in [0.1, 0.15) is 12.8 Å². The quantitative estimate of drug-likeness (QED) is 0.685. The minimum Gasteiger partial charge on any atom is -0.381 e. The summed E-state index contributed by atoms with van der Waals surface area (Å²) in [7, 11) is 1.96. The Bertz CT molecular complexity index is 276. The molecule has 1 amide bonds. The van der Waals surface area contributed by atoms with E-state index in [1.165, 1.54) is 0 Å². The van der Waals surface area contributed by atoms with E-state index in [1.807, 2.05) is 11.9 Å². The number of hydrogen-bond acceptors (Lipinski definition) is 5. The van der Waals surface area contributed by atoms with Gasteiger partial charge in [0.2, 0.25) is 5.91 Å². The Morgan fingerprint density at radius 3 is 2.84 bits per heavy atom. The molecule has 1 atom stereocenters. The van der Waals surface area contributed by atoms with Gasteiger partial charge in [-0.15, -0.1) is 0 Å². The molecule has 0 bridgehead atoms. The SMILES string of the molecule is CN(CC(=O)NC1CCOCC1)CC1CNCCO1. The average Bonchev–Trinajstić information content (AvgIpc) is 2.40. The maximum Gasteiger partial charge on any atom is 0.234 e. The molecule has 0 saturated carbocycles. The molecule has 2 heterocycles. The molecule has 0 spiro atoms. The summed E-state index contributed by atoms with van der Waals surface area (Å²) < 4.78 is 10.9. The van der Waals surface area contributed by atoms with E-state index >= 15 is 0 Å². The number of nitrogens with one attached hydrogen (secondary N) is 2. The molecule has 6 heteroatoms. The van der Waals surface area contributed by atoms with Crippen molar-refractivity contribution in [2.24, 2.45) is 0 Å². The highest BCUT2D eigenvalue weighted by atomic mass is 16.5. The van der Waals surface area contributed by atoms with Gasteiger partial charge in [-0.05, 0) is 19.9 Å². The second kappa shape index (κ2) is 7.79. The van der Waals surface area contributed by atoms with Crippen LogP contribution in [0.4, 0.5) is 0 Å². The topological polar surface area (TPSA) is 62.8 Å². The van der Waals surface area contributed by atoms with Gasteiger partial charge in [0.05, 0.1) is 19.3 Å². The summed E-state index contributed by atoms with van der Waals surface area (Å²) in [6.07, 6.45) is 2.03. The lowest BCUT2D eigenvalue weighted by Crippen LogP contribution is -2.48.